The summed E-state index contributed by atoms with van der Waals surface area (Å²) in [5.74, 6) is 0. The Kier molecular flexibility index (Phi) is 6.03. The summed E-state index contributed by atoms with van der Waals surface area (Å²) in [5.41, 5.74) is 3.77. The fourth-order valence-electron chi connectivity index (χ4n) is 2.08. The van der Waals surface area contributed by atoms with Gasteiger partial charge in [-0.1, -0.05) is 66.7 Å². The van der Waals surface area contributed by atoms with E-state index in [4.69, 9.17) is 4.74 Å². The summed E-state index contributed by atoms with van der Waals surface area (Å²) in [6.45, 7) is 2.38. The Bertz CT molecular complexity index is 534. The van der Waals surface area contributed by atoms with Gasteiger partial charge in [-0.3, -0.25) is 0 Å². The molecule has 0 aliphatic rings. The van der Waals surface area contributed by atoms with Gasteiger partial charge in [0.1, 0.15) is 0 Å². The molecule has 0 unspecified atom stereocenters. The van der Waals surface area contributed by atoms with Crippen LogP contribution in [0.3, 0.4) is 0 Å². The maximum Gasteiger partial charge on any atom is 0.0716 e. The van der Waals surface area contributed by atoms with E-state index in [9.17, 15) is 0 Å². The average Bonchev–Trinajstić information content (AvgIpc) is 2.50. The van der Waals surface area contributed by atoms with E-state index >= 15 is 0 Å². The van der Waals surface area contributed by atoms with Gasteiger partial charge in [0.25, 0.3) is 0 Å². The molecule has 2 aromatic rings. The largest absolute Gasteiger partial charge is 0.380 e. The Morgan fingerprint density at radius 1 is 0.950 bits per heavy atom. The lowest BCUT2D eigenvalue weighted by molar-refractivity contribution is 0.184. The lowest BCUT2D eigenvalue weighted by Gasteiger charge is -2.08. The van der Waals surface area contributed by atoms with Gasteiger partial charge < -0.3 is 10.1 Å². The second kappa shape index (κ2) is 8.31. The van der Waals surface area contributed by atoms with Crippen molar-refractivity contribution < 1.29 is 4.74 Å². The molecular weight excluding hydrogens is 246 g/mol. The summed E-state index contributed by atoms with van der Waals surface area (Å²) in [6.07, 6.45) is 4.28. The molecule has 0 aliphatic carbocycles. The standard InChI is InChI=1S/C18H21NO/c1-20-15-18-12-6-5-11-17(18)14-19-13-7-10-16-8-3-2-4-9-16/h2-12,19H,13-15H2,1H3. The summed E-state index contributed by atoms with van der Waals surface area (Å²) < 4.78 is 5.21. The van der Waals surface area contributed by atoms with Gasteiger partial charge in [0.05, 0.1) is 6.61 Å². The van der Waals surface area contributed by atoms with E-state index in [1.54, 1.807) is 7.11 Å². The van der Waals surface area contributed by atoms with Crippen LogP contribution in [0.15, 0.2) is 60.7 Å². The van der Waals surface area contributed by atoms with Crippen molar-refractivity contribution in [1.29, 1.82) is 0 Å². The predicted molar refractivity (Wildman–Crippen MR) is 84.3 cm³/mol. The van der Waals surface area contributed by atoms with Crippen LogP contribution in [-0.2, 0) is 17.9 Å². The van der Waals surface area contributed by atoms with Crippen molar-refractivity contribution in [2.75, 3.05) is 13.7 Å². The molecule has 0 spiro atoms. The van der Waals surface area contributed by atoms with Crippen LogP contribution in [0.1, 0.15) is 16.7 Å². The van der Waals surface area contributed by atoms with Crippen LogP contribution in [0.25, 0.3) is 6.08 Å². The van der Waals surface area contributed by atoms with Crippen LogP contribution in [0.2, 0.25) is 0 Å². The molecule has 2 aromatic carbocycles. The molecule has 104 valence electrons. The van der Waals surface area contributed by atoms with E-state index in [0.717, 1.165) is 13.1 Å². The highest BCUT2D eigenvalue weighted by Gasteiger charge is 1.99. The molecule has 0 saturated carbocycles. The SMILES string of the molecule is COCc1ccccc1CNCC=Cc1ccccc1. The quantitative estimate of drug-likeness (QED) is 0.773. The van der Waals surface area contributed by atoms with Gasteiger partial charge in [0.15, 0.2) is 0 Å². The number of hydrogen-bond donors (Lipinski definition) is 1. The molecule has 1 N–H and O–H groups in total. The van der Waals surface area contributed by atoms with Crippen LogP contribution < -0.4 is 5.32 Å². The molecule has 0 aromatic heterocycles. The average molecular weight is 267 g/mol. The first-order valence-corrected chi connectivity index (χ1v) is 6.88. The number of methoxy groups -OCH3 is 1. The van der Waals surface area contributed by atoms with Gasteiger partial charge >= 0.3 is 0 Å². The molecule has 0 atom stereocenters. The second-order valence-corrected chi connectivity index (χ2v) is 4.65. The molecule has 2 heteroatoms. The maximum atomic E-state index is 5.21. The number of nitrogens with one attached hydrogen (secondary N) is 1. The van der Waals surface area contributed by atoms with Crippen LogP contribution in [0.5, 0.6) is 0 Å². The third kappa shape index (κ3) is 4.65. The molecule has 2 rings (SSSR count). The minimum Gasteiger partial charge on any atom is -0.380 e. The lowest BCUT2D eigenvalue weighted by Crippen LogP contribution is -2.14. The number of rotatable bonds is 7. The van der Waals surface area contributed by atoms with E-state index in [1.165, 1.54) is 16.7 Å². The van der Waals surface area contributed by atoms with Crippen LogP contribution >= 0.6 is 0 Å². The normalized spacial score (nSPS) is 11.1. The fourth-order valence-corrected chi connectivity index (χ4v) is 2.08. The molecule has 0 radical (unpaired) electrons. The minimum atomic E-state index is 0.664. The van der Waals surface area contributed by atoms with E-state index < -0.39 is 0 Å². The zero-order valence-electron chi connectivity index (χ0n) is 11.9. The highest BCUT2D eigenvalue weighted by atomic mass is 16.5. The summed E-state index contributed by atoms with van der Waals surface area (Å²) in [6, 6.07) is 18.7. The summed E-state index contributed by atoms with van der Waals surface area (Å²) in [5, 5.41) is 3.43. The fraction of sp³-hybridized carbons (Fsp3) is 0.222. The van der Waals surface area contributed by atoms with Crippen molar-refractivity contribution in [3.05, 3.63) is 77.4 Å². The molecule has 20 heavy (non-hydrogen) atoms. The highest BCUT2D eigenvalue weighted by molar-refractivity contribution is 5.48. The topological polar surface area (TPSA) is 21.3 Å². The number of ether oxygens (including phenoxy) is 1. The molecule has 0 fully saturated rings. The zero-order valence-corrected chi connectivity index (χ0v) is 11.9. The number of benzene rings is 2. The van der Waals surface area contributed by atoms with Crippen molar-refractivity contribution in [2.24, 2.45) is 0 Å². The van der Waals surface area contributed by atoms with Crippen LogP contribution in [-0.4, -0.2) is 13.7 Å². The molecule has 0 saturated heterocycles. The van der Waals surface area contributed by atoms with Crippen LogP contribution in [0.4, 0.5) is 0 Å². The van der Waals surface area contributed by atoms with E-state index in [0.29, 0.717) is 6.61 Å². The van der Waals surface area contributed by atoms with Crippen molar-refractivity contribution in [3.63, 3.8) is 0 Å². The monoisotopic (exact) mass is 267 g/mol. The van der Waals surface area contributed by atoms with E-state index in [1.807, 2.05) is 24.3 Å². The van der Waals surface area contributed by atoms with E-state index in [-0.39, 0.29) is 0 Å². The summed E-state index contributed by atoms with van der Waals surface area (Å²) in [4.78, 5) is 0. The van der Waals surface area contributed by atoms with Crippen molar-refractivity contribution >= 4 is 6.08 Å². The zero-order chi connectivity index (χ0) is 14.0. The maximum absolute atomic E-state index is 5.21. The van der Waals surface area contributed by atoms with Gasteiger partial charge in [0, 0.05) is 20.2 Å². The second-order valence-electron chi connectivity index (χ2n) is 4.65. The third-order valence-corrected chi connectivity index (χ3v) is 3.11. The van der Waals surface area contributed by atoms with Crippen LogP contribution in [0, 0.1) is 0 Å². The minimum absolute atomic E-state index is 0.664. The number of hydrogen-bond acceptors (Lipinski definition) is 2. The van der Waals surface area contributed by atoms with Gasteiger partial charge in [-0.2, -0.15) is 0 Å². The molecule has 0 heterocycles. The first-order chi connectivity index (χ1) is 9.90. The van der Waals surface area contributed by atoms with Gasteiger partial charge in [-0.25, -0.2) is 0 Å². The van der Waals surface area contributed by atoms with Gasteiger partial charge in [0.2, 0.25) is 0 Å². The van der Waals surface area contributed by atoms with E-state index in [2.05, 4.69) is 47.8 Å². The molecule has 0 bridgehead atoms. The van der Waals surface area contributed by atoms with Gasteiger partial charge in [-0.05, 0) is 16.7 Å². The van der Waals surface area contributed by atoms with Crippen molar-refractivity contribution in [2.45, 2.75) is 13.2 Å². The predicted octanol–water partition coefficient (Wildman–Crippen LogP) is 3.64. The molecule has 2 nitrogen and oxygen atoms in total. The van der Waals surface area contributed by atoms with Crippen molar-refractivity contribution in [3.8, 4) is 0 Å². The summed E-state index contributed by atoms with van der Waals surface area (Å²) >= 11 is 0. The Labute approximate surface area is 121 Å². The summed E-state index contributed by atoms with van der Waals surface area (Å²) in [7, 11) is 1.73. The lowest BCUT2D eigenvalue weighted by atomic mass is 10.1. The third-order valence-electron chi connectivity index (χ3n) is 3.11. The molecular formula is C18H21NO. The first-order valence-electron chi connectivity index (χ1n) is 6.88. The Morgan fingerprint density at radius 2 is 1.65 bits per heavy atom. The highest BCUT2D eigenvalue weighted by Crippen LogP contribution is 2.09. The Morgan fingerprint density at radius 3 is 2.40 bits per heavy atom. The first kappa shape index (κ1) is 14.5. The molecule has 0 aliphatic heterocycles. The Balaban J connectivity index is 1.80. The smallest absolute Gasteiger partial charge is 0.0716 e. The Hall–Kier alpha value is -1.90. The van der Waals surface area contributed by atoms with Crippen molar-refractivity contribution in [1.82, 2.24) is 5.32 Å². The van der Waals surface area contributed by atoms with Gasteiger partial charge in [-0.15, -0.1) is 0 Å². The molecule has 0 amide bonds.